The lowest BCUT2D eigenvalue weighted by Crippen LogP contribution is -2.05. The van der Waals surface area contributed by atoms with Crippen molar-refractivity contribution in [3.05, 3.63) is 23.4 Å². The van der Waals surface area contributed by atoms with Crippen LogP contribution in [-0.2, 0) is 7.05 Å². The van der Waals surface area contributed by atoms with Crippen LogP contribution in [-0.4, -0.2) is 28.5 Å². The van der Waals surface area contributed by atoms with E-state index in [4.69, 9.17) is 16.3 Å². The maximum Gasteiger partial charge on any atom is 0.388 e. The summed E-state index contributed by atoms with van der Waals surface area (Å²) >= 11 is 5.75. The first-order valence-electron chi connectivity index (χ1n) is 5.21. The van der Waals surface area contributed by atoms with Crippen molar-refractivity contribution in [2.75, 3.05) is 7.11 Å². The molecule has 0 radical (unpaired) electrons. The predicted molar refractivity (Wildman–Crippen MR) is 64.6 cm³/mol. The molecule has 2 rings (SSSR count). The molecule has 0 aliphatic heterocycles. The zero-order valence-corrected chi connectivity index (χ0v) is 10.9. The van der Waals surface area contributed by atoms with Crippen molar-refractivity contribution in [2.45, 2.75) is 6.61 Å². The minimum atomic E-state index is -2.91. The number of aromatic nitrogens is 3. The number of ether oxygens (including phenoxy) is 2. The van der Waals surface area contributed by atoms with Crippen molar-refractivity contribution in [1.82, 2.24) is 14.8 Å². The summed E-state index contributed by atoms with van der Waals surface area (Å²) in [7, 11) is 2.93. The number of alkyl halides is 2. The molecule has 0 saturated heterocycles. The van der Waals surface area contributed by atoms with Gasteiger partial charge in [0.1, 0.15) is 10.8 Å². The number of methoxy groups -OCH3 is 1. The molecule has 0 aliphatic rings. The molecule has 0 amide bonds. The molecule has 19 heavy (non-hydrogen) atoms. The van der Waals surface area contributed by atoms with Gasteiger partial charge >= 0.3 is 6.61 Å². The minimum Gasteiger partial charge on any atom is -0.480 e. The van der Waals surface area contributed by atoms with Gasteiger partial charge in [0.15, 0.2) is 0 Å². The summed E-state index contributed by atoms with van der Waals surface area (Å²) in [4.78, 5) is 3.97. The first kappa shape index (κ1) is 13.5. The molecule has 2 aromatic rings. The van der Waals surface area contributed by atoms with Crippen molar-refractivity contribution in [2.24, 2.45) is 7.05 Å². The maximum absolute atomic E-state index is 12.2. The Morgan fingerprint density at radius 1 is 1.37 bits per heavy atom. The predicted octanol–water partition coefficient (Wildman–Crippen LogP) is 2.75. The number of nitrogens with zero attached hydrogens (tertiary/aromatic N) is 3. The first-order chi connectivity index (χ1) is 9.01. The van der Waals surface area contributed by atoms with Crippen LogP contribution in [0, 0.1) is 0 Å². The Kier molecular flexibility index (Phi) is 3.84. The average Bonchev–Trinajstić information content (AvgIpc) is 2.69. The second kappa shape index (κ2) is 5.40. The normalized spacial score (nSPS) is 10.8. The molecule has 0 aromatic carbocycles. The smallest absolute Gasteiger partial charge is 0.388 e. The van der Waals surface area contributed by atoms with Crippen LogP contribution in [0.15, 0.2) is 18.2 Å². The highest BCUT2D eigenvalue weighted by molar-refractivity contribution is 6.29. The topological polar surface area (TPSA) is 49.2 Å². The van der Waals surface area contributed by atoms with Crippen LogP contribution in [0.1, 0.15) is 0 Å². The van der Waals surface area contributed by atoms with Crippen LogP contribution in [0.25, 0.3) is 11.3 Å². The third kappa shape index (κ3) is 2.93. The number of aryl methyl sites for hydroxylation is 1. The van der Waals surface area contributed by atoms with Crippen molar-refractivity contribution in [1.29, 1.82) is 0 Å². The zero-order chi connectivity index (χ0) is 14.0. The van der Waals surface area contributed by atoms with Crippen LogP contribution < -0.4 is 9.47 Å². The van der Waals surface area contributed by atoms with E-state index in [1.165, 1.54) is 24.9 Å². The fourth-order valence-electron chi connectivity index (χ4n) is 1.55. The zero-order valence-electron chi connectivity index (χ0n) is 10.1. The molecule has 0 aliphatic carbocycles. The summed E-state index contributed by atoms with van der Waals surface area (Å²) in [6, 6.07) is 4.57. The quantitative estimate of drug-likeness (QED) is 0.812. The molecule has 102 valence electrons. The van der Waals surface area contributed by atoms with E-state index < -0.39 is 6.61 Å². The van der Waals surface area contributed by atoms with Crippen molar-refractivity contribution in [3.63, 3.8) is 0 Å². The summed E-state index contributed by atoms with van der Waals surface area (Å²) in [5.74, 6) is 0.205. The van der Waals surface area contributed by atoms with Crippen LogP contribution in [0.5, 0.6) is 11.8 Å². The lowest BCUT2D eigenvalue weighted by atomic mass is 10.2. The molecule has 5 nitrogen and oxygen atoms in total. The molecule has 2 aromatic heterocycles. The summed E-state index contributed by atoms with van der Waals surface area (Å²) in [6.45, 7) is -2.91. The van der Waals surface area contributed by atoms with Gasteiger partial charge in [-0.3, -0.25) is 0 Å². The monoisotopic (exact) mass is 289 g/mol. The highest BCUT2D eigenvalue weighted by Crippen LogP contribution is 2.31. The number of hydrogen-bond acceptors (Lipinski definition) is 4. The van der Waals surface area contributed by atoms with Crippen LogP contribution in [0.3, 0.4) is 0 Å². The first-order valence-corrected chi connectivity index (χ1v) is 5.59. The molecule has 0 bridgehead atoms. The highest BCUT2D eigenvalue weighted by atomic mass is 35.5. The number of pyridine rings is 1. The molecule has 0 N–H and O–H groups in total. The fraction of sp³-hybridized carbons (Fsp3) is 0.273. The van der Waals surface area contributed by atoms with E-state index in [1.54, 1.807) is 12.1 Å². The third-order valence-electron chi connectivity index (χ3n) is 2.34. The Morgan fingerprint density at radius 3 is 2.74 bits per heavy atom. The molecular weight excluding hydrogens is 280 g/mol. The fourth-order valence-corrected chi connectivity index (χ4v) is 1.69. The molecule has 0 spiro atoms. The summed E-state index contributed by atoms with van der Waals surface area (Å²) in [6.07, 6.45) is 0. The maximum atomic E-state index is 12.2. The van der Waals surface area contributed by atoms with Gasteiger partial charge in [-0.1, -0.05) is 11.6 Å². The van der Waals surface area contributed by atoms with Crippen LogP contribution in [0.4, 0.5) is 8.78 Å². The molecule has 0 atom stereocenters. The average molecular weight is 290 g/mol. The van der Waals surface area contributed by atoms with Crippen molar-refractivity contribution in [3.8, 4) is 23.0 Å². The standard InChI is InChI=1S/C11H10ClF2N3O2/c1-17-9(19-11(13)14)5-7(16-17)6-3-4-8(12)15-10(6)18-2/h3-5,11H,1-2H3. The summed E-state index contributed by atoms with van der Waals surface area (Å²) in [5, 5.41) is 4.33. The van der Waals surface area contributed by atoms with E-state index >= 15 is 0 Å². The molecular formula is C11H10ClF2N3O2. The Bertz CT molecular complexity index is 589. The largest absolute Gasteiger partial charge is 0.480 e. The Balaban J connectivity index is 2.42. The lowest BCUT2D eigenvalue weighted by Gasteiger charge is -2.04. The van der Waals surface area contributed by atoms with Gasteiger partial charge in [0.25, 0.3) is 0 Å². The van der Waals surface area contributed by atoms with E-state index in [2.05, 4.69) is 14.8 Å². The second-order valence-electron chi connectivity index (χ2n) is 3.56. The Hall–Kier alpha value is -1.89. The Labute approximate surface area is 112 Å². The summed E-state index contributed by atoms with van der Waals surface area (Å²) < 4.78 is 35.0. The SMILES string of the molecule is COc1nc(Cl)ccc1-c1cc(OC(F)F)n(C)n1. The van der Waals surface area contributed by atoms with E-state index in [9.17, 15) is 8.78 Å². The van der Waals surface area contributed by atoms with Crippen LogP contribution >= 0.6 is 11.6 Å². The molecule has 0 fully saturated rings. The van der Waals surface area contributed by atoms with Crippen LogP contribution in [0.2, 0.25) is 5.15 Å². The molecule has 2 heterocycles. The van der Waals surface area contributed by atoms with Gasteiger partial charge in [-0.25, -0.2) is 9.67 Å². The molecule has 0 saturated carbocycles. The van der Waals surface area contributed by atoms with Gasteiger partial charge < -0.3 is 9.47 Å². The number of halogens is 3. The number of rotatable bonds is 4. The van der Waals surface area contributed by atoms with Gasteiger partial charge in [0.2, 0.25) is 11.8 Å². The van der Waals surface area contributed by atoms with E-state index in [0.29, 0.717) is 11.3 Å². The van der Waals surface area contributed by atoms with Crippen molar-refractivity contribution < 1.29 is 18.3 Å². The highest BCUT2D eigenvalue weighted by Gasteiger charge is 2.16. The van der Waals surface area contributed by atoms with E-state index in [1.807, 2.05) is 0 Å². The van der Waals surface area contributed by atoms with Crippen molar-refractivity contribution >= 4 is 11.6 Å². The minimum absolute atomic E-state index is 0.0537. The lowest BCUT2D eigenvalue weighted by molar-refractivity contribution is -0.0553. The van der Waals surface area contributed by atoms with Gasteiger partial charge in [-0.05, 0) is 12.1 Å². The van der Waals surface area contributed by atoms with Gasteiger partial charge in [-0.2, -0.15) is 13.9 Å². The third-order valence-corrected chi connectivity index (χ3v) is 2.55. The van der Waals surface area contributed by atoms with Gasteiger partial charge in [0.05, 0.1) is 12.7 Å². The Morgan fingerprint density at radius 2 is 2.11 bits per heavy atom. The molecule has 0 unspecified atom stereocenters. The van der Waals surface area contributed by atoms with E-state index in [-0.39, 0.29) is 16.9 Å². The van der Waals surface area contributed by atoms with Gasteiger partial charge in [-0.15, -0.1) is 0 Å². The second-order valence-corrected chi connectivity index (χ2v) is 3.95. The summed E-state index contributed by atoms with van der Waals surface area (Å²) in [5.41, 5.74) is 0.936. The van der Waals surface area contributed by atoms with E-state index in [0.717, 1.165) is 0 Å². The van der Waals surface area contributed by atoms with Gasteiger partial charge in [0, 0.05) is 13.1 Å². The number of hydrogen-bond donors (Lipinski definition) is 0. The molecule has 8 heteroatoms.